The summed E-state index contributed by atoms with van der Waals surface area (Å²) < 4.78 is 5.88. The molecule has 2 N–H and O–H groups in total. The highest BCUT2D eigenvalue weighted by atomic mass is 16.5. The Morgan fingerprint density at radius 2 is 2.17 bits per heavy atom. The number of carbonyl (C=O) groups excluding carboxylic acids is 1. The third-order valence-electron chi connectivity index (χ3n) is 4.51. The highest BCUT2D eigenvalue weighted by Gasteiger charge is 2.28. The molecule has 1 aliphatic rings. The molecule has 24 heavy (non-hydrogen) atoms. The lowest BCUT2D eigenvalue weighted by Crippen LogP contribution is -2.41. The second-order valence-electron chi connectivity index (χ2n) is 6.60. The summed E-state index contributed by atoms with van der Waals surface area (Å²) in [6.45, 7) is 5.84. The molecule has 2 atom stereocenters. The van der Waals surface area contributed by atoms with Crippen LogP contribution >= 0.6 is 0 Å². The van der Waals surface area contributed by atoms with E-state index in [-0.39, 0.29) is 12.0 Å². The zero-order valence-corrected chi connectivity index (χ0v) is 14.2. The van der Waals surface area contributed by atoms with Gasteiger partial charge in [0.1, 0.15) is 6.33 Å². The maximum absolute atomic E-state index is 12.4. The lowest BCUT2D eigenvalue weighted by atomic mass is 9.87. The van der Waals surface area contributed by atoms with E-state index in [1.165, 1.54) is 6.33 Å². The van der Waals surface area contributed by atoms with Crippen molar-refractivity contribution in [2.24, 2.45) is 11.8 Å². The molecule has 0 aliphatic carbocycles. The van der Waals surface area contributed by atoms with E-state index in [9.17, 15) is 4.79 Å². The Bertz CT molecular complexity index is 652. The predicted molar refractivity (Wildman–Crippen MR) is 91.5 cm³/mol. The summed E-state index contributed by atoms with van der Waals surface area (Å²) in [7, 11) is 0. The quantitative estimate of drug-likeness (QED) is 0.884. The molecule has 2 heterocycles. The summed E-state index contributed by atoms with van der Waals surface area (Å²) >= 11 is 0. The zero-order chi connectivity index (χ0) is 16.9. The molecule has 1 amide bonds. The van der Waals surface area contributed by atoms with E-state index in [2.05, 4.69) is 34.3 Å². The van der Waals surface area contributed by atoms with Gasteiger partial charge in [0.15, 0.2) is 5.82 Å². The molecule has 1 aromatic carbocycles. The van der Waals surface area contributed by atoms with E-state index in [1.807, 2.05) is 24.3 Å². The van der Waals surface area contributed by atoms with Crippen molar-refractivity contribution in [3.8, 4) is 11.4 Å². The molecule has 128 valence electrons. The fourth-order valence-electron chi connectivity index (χ4n) is 3.27. The number of rotatable bonds is 5. The average Bonchev–Trinajstić information content (AvgIpc) is 3.14. The molecular formula is C18H24N4O2. The fraction of sp³-hybridized carbons (Fsp3) is 0.500. The highest BCUT2D eigenvalue weighted by molar-refractivity contribution is 5.94. The SMILES string of the molecule is CC(C)[C@H]1OCCC[C@@H]1CNC(=O)c1ccc(-c2ncn[nH]2)cc1. The van der Waals surface area contributed by atoms with Gasteiger partial charge in [-0.05, 0) is 30.9 Å². The summed E-state index contributed by atoms with van der Waals surface area (Å²) in [6.07, 6.45) is 3.86. The van der Waals surface area contributed by atoms with Crippen molar-refractivity contribution in [3.63, 3.8) is 0 Å². The average molecular weight is 328 g/mol. The van der Waals surface area contributed by atoms with E-state index in [0.29, 0.717) is 29.8 Å². The number of aromatic amines is 1. The van der Waals surface area contributed by atoms with Gasteiger partial charge in [0, 0.05) is 30.2 Å². The Labute approximate surface area is 142 Å². The predicted octanol–water partition coefficient (Wildman–Crippen LogP) is 2.65. The molecular weight excluding hydrogens is 304 g/mol. The van der Waals surface area contributed by atoms with Crippen LogP contribution in [0.5, 0.6) is 0 Å². The summed E-state index contributed by atoms with van der Waals surface area (Å²) in [5.74, 6) is 1.50. The first kappa shape index (κ1) is 16.6. The molecule has 1 fully saturated rings. The minimum absolute atomic E-state index is 0.0489. The molecule has 1 aromatic heterocycles. The molecule has 0 saturated carbocycles. The van der Waals surface area contributed by atoms with Crippen molar-refractivity contribution in [2.45, 2.75) is 32.8 Å². The van der Waals surface area contributed by atoms with Crippen molar-refractivity contribution in [2.75, 3.05) is 13.2 Å². The Balaban J connectivity index is 1.58. The Morgan fingerprint density at radius 3 is 2.83 bits per heavy atom. The maximum atomic E-state index is 12.4. The van der Waals surface area contributed by atoms with E-state index >= 15 is 0 Å². The van der Waals surface area contributed by atoms with Crippen molar-refractivity contribution in [3.05, 3.63) is 36.2 Å². The van der Waals surface area contributed by atoms with Crippen LogP contribution in [0.1, 0.15) is 37.0 Å². The van der Waals surface area contributed by atoms with Gasteiger partial charge in [-0.2, -0.15) is 5.10 Å². The molecule has 6 nitrogen and oxygen atoms in total. The summed E-state index contributed by atoms with van der Waals surface area (Å²) in [5, 5.41) is 9.69. The molecule has 0 radical (unpaired) electrons. The normalized spacial score (nSPS) is 21.0. The topological polar surface area (TPSA) is 79.9 Å². The van der Waals surface area contributed by atoms with Crippen molar-refractivity contribution >= 4 is 5.91 Å². The van der Waals surface area contributed by atoms with Crippen LogP contribution in [0, 0.1) is 11.8 Å². The molecule has 0 bridgehead atoms. The van der Waals surface area contributed by atoms with Gasteiger partial charge in [0.05, 0.1) is 6.10 Å². The lowest BCUT2D eigenvalue weighted by molar-refractivity contribution is -0.0510. The van der Waals surface area contributed by atoms with Crippen LogP contribution in [0.25, 0.3) is 11.4 Å². The maximum Gasteiger partial charge on any atom is 0.251 e. The lowest BCUT2D eigenvalue weighted by Gasteiger charge is -2.34. The van der Waals surface area contributed by atoms with Gasteiger partial charge in [-0.1, -0.05) is 26.0 Å². The van der Waals surface area contributed by atoms with E-state index in [4.69, 9.17) is 4.74 Å². The van der Waals surface area contributed by atoms with Gasteiger partial charge in [-0.3, -0.25) is 9.89 Å². The summed E-state index contributed by atoms with van der Waals surface area (Å²) in [6, 6.07) is 7.36. The molecule has 6 heteroatoms. The highest BCUT2D eigenvalue weighted by Crippen LogP contribution is 2.25. The van der Waals surface area contributed by atoms with Crippen LogP contribution in [-0.4, -0.2) is 40.3 Å². The number of hydrogen-bond acceptors (Lipinski definition) is 4. The molecule has 0 spiro atoms. The van der Waals surface area contributed by atoms with E-state index in [1.54, 1.807) is 0 Å². The van der Waals surface area contributed by atoms with Gasteiger partial charge in [0.2, 0.25) is 0 Å². The van der Waals surface area contributed by atoms with Gasteiger partial charge in [0.25, 0.3) is 5.91 Å². The van der Waals surface area contributed by atoms with Crippen LogP contribution in [0.3, 0.4) is 0 Å². The second kappa shape index (κ2) is 7.57. The van der Waals surface area contributed by atoms with Crippen molar-refractivity contribution < 1.29 is 9.53 Å². The van der Waals surface area contributed by atoms with Crippen LogP contribution in [0.15, 0.2) is 30.6 Å². The minimum Gasteiger partial charge on any atom is -0.378 e. The molecule has 2 aromatic rings. The Morgan fingerprint density at radius 1 is 1.38 bits per heavy atom. The monoisotopic (exact) mass is 328 g/mol. The second-order valence-corrected chi connectivity index (χ2v) is 6.60. The van der Waals surface area contributed by atoms with Crippen LogP contribution in [-0.2, 0) is 4.74 Å². The van der Waals surface area contributed by atoms with Crippen LogP contribution in [0.2, 0.25) is 0 Å². The van der Waals surface area contributed by atoms with E-state index < -0.39 is 0 Å². The minimum atomic E-state index is -0.0489. The standard InChI is InChI=1S/C18H24N4O2/c1-12(2)16-15(4-3-9-24-16)10-19-18(23)14-7-5-13(6-8-14)17-20-11-21-22-17/h5-8,11-12,15-16H,3-4,9-10H2,1-2H3,(H,19,23)(H,20,21,22)/t15-,16-/m1/s1. The van der Waals surface area contributed by atoms with Gasteiger partial charge in [-0.15, -0.1) is 0 Å². The Kier molecular flexibility index (Phi) is 5.25. The fourth-order valence-corrected chi connectivity index (χ4v) is 3.27. The molecule has 1 aliphatic heterocycles. The number of hydrogen-bond donors (Lipinski definition) is 2. The summed E-state index contributed by atoms with van der Waals surface area (Å²) in [5.41, 5.74) is 1.56. The van der Waals surface area contributed by atoms with Crippen LogP contribution < -0.4 is 5.32 Å². The van der Waals surface area contributed by atoms with Gasteiger partial charge in [-0.25, -0.2) is 4.98 Å². The first-order valence-electron chi connectivity index (χ1n) is 8.50. The number of benzene rings is 1. The first-order valence-corrected chi connectivity index (χ1v) is 8.50. The third kappa shape index (κ3) is 3.82. The third-order valence-corrected chi connectivity index (χ3v) is 4.51. The van der Waals surface area contributed by atoms with Gasteiger partial charge >= 0.3 is 0 Å². The van der Waals surface area contributed by atoms with Gasteiger partial charge < -0.3 is 10.1 Å². The first-order chi connectivity index (χ1) is 11.6. The molecule has 1 saturated heterocycles. The largest absolute Gasteiger partial charge is 0.378 e. The van der Waals surface area contributed by atoms with Crippen LogP contribution in [0.4, 0.5) is 0 Å². The molecule has 3 rings (SSSR count). The molecule has 0 unspecified atom stereocenters. The number of carbonyl (C=O) groups is 1. The number of H-pyrrole nitrogens is 1. The summed E-state index contributed by atoms with van der Waals surface area (Å²) in [4.78, 5) is 16.5. The smallest absolute Gasteiger partial charge is 0.251 e. The number of nitrogens with zero attached hydrogens (tertiary/aromatic N) is 2. The number of nitrogens with one attached hydrogen (secondary N) is 2. The Hall–Kier alpha value is -2.21. The zero-order valence-electron chi connectivity index (χ0n) is 14.2. The van der Waals surface area contributed by atoms with Crippen molar-refractivity contribution in [1.29, 1.82) is 0 Å². The number of amides is 1. The number of aromatic nitrogens is 3. The van der Waals surface area contributed by atoms with Crippen molar-refractivity contribution in [1.82, 2.24) is 20.5 Å². The van der Waals surface area contributed by atoms with E-state index in [0.717, 1.165) is 25.0 Å². The number of ether oxygens (including phenoxy) is 1.